The van der Waals surface area contributed by atoms with Gasteiger partial charge >= 0.3 is 5.97 Å². The zero-order valence-electron chi connectivity index (χ0n) is 20.9. The third kappa shape index (κ3) is 6.44. The minimum absolute atomic E-state index is 0.0107. The molecule has 0 atom stereocenters. The highest BCUT2D eigenvalue weighted by molar-refractivity contribution is 5.93. The van der Waals surface area contributed by atoms with Gasteiger partial charge in [-0.3, -0.25) is 9.59 Å². The molecule has 10 nitrogen and oxygen atoms in total. The zero-order chi connectivity index (χ0) is 25.5. The van der Waals surface area contributed by atoms with Crippen LogP contribution in [0.4, 0.5) is 0 Å². The summed E-state index contributed by atoms with van der Waals surface area (Å²) in [4.78, 5) is 30.6. The maximum Gasteiger partial charge on any atom is 0.308 e. The van der Waals surface area contributed by atoms with Crippen molar-refractivity contribution >= 4 is 11.9 Å². The van der Waals surface area contributed by atoms with Crippen LogP contribution in [0.2, 0.25) is 0 Å². The average molecular weight is 493 g/mol. The van der Waals surface area contributed by atoms with Crippen molar-refractivity contribution in [3.63, 3.8) is 0 Å². The quantitative estimate of drug-likeness (QED) is 0.452. The number of nitrogens with zero attached hydrogens (tertiary/aromatic N) is 5. The van der Waals surface area contributed by atoms with Crippen molar-refractivity contribution in [3.8, 4) is 17.1 Å². The second-order valence-electron chi connectivity index (χ2n) is 9.05. The number of ether oxygens (including phenoxy) is 2. The van der Waals surface area contributed by atoms with Crippen molar-refractivity contribution < 1.29 is 19.1 Å². The molecule has 1 fully saturated rings. The van der Waals surface area contributed by atoms with E-state index in [4.69, 9.17) is 9.47 Å². The Balaban J connectivity index is 1.38. The van der Waals surface area contributed by atoms with Gasteiger partial charge < -0.3 is 14.8 Å². The Hall–Kier alpha value is -3.82. The van der Waals surface area contributed by atoms with Gasteiger partial charge in [-0.1, -0.05) is 12.1 Å². The van der Waals surface area contributed by atoms with Crippen molar-refractivity contribution in [2.75, 3.05) is 13.7 Å². The largest absolute Gasteiger partial charge is 0.494 e. The van der Waals surface area contributed by atoms with E-state index in [0.717, 1.165) is 37.0 Å². The van der Waals surface area contributed by atoms with E-state index in [1.807, 2.05) is 44.2 Å². The third-order valence-electron chi connectivity index (χ3n) is 6.36. The van der Waals surface area contributed by atoms with Crippen LogP contribution >= 0.6 is 0 Å². The third-order valence-corrected chi connectivity index (χ3v) is 6.36. The number of nitrogens with one attached hydrogen (secondary N) is 1. The van der Waals surface area contributed by atoms with Gasteiger partial charge in [0.2, 0.25) is 5.82 Å². The van der Waals surface area contributed by atoms with Crippen molar-refractivity contribution in [1.29, 1.82) is 0 Å². The first-order valence-electron chi connectivity index (χ1n) is 12.3. The van der Waals surface area contributed by atoms with Crippen LogP contribution in [0.15, 0.2) is 36.4 Å². The second kappa shape index (κ2) is 11.7. The fraction of sp³-hybridized carbons (Fsp3) is 0.462. The van der Waals surface area contributed by atoms with E-state index < -0.39 is 0 Å². The van der Waals surface area contributed by atoms with Crippen molar-refractivity contribution in [2.45, 2.75) is 52.6 Å². The zero-order valence-corrected chi connectivity index (χ0v) is 20.9. The summed E-state index contributed by atoms with van der Waals surface area (Å²) in [5.41, 5.74) is 2.61. The van der Waals surface area contributed by atoms with E-state index in [1.165, 1.54) is 7.11 Å². The van der Waals surface area contributed by atoms with Crippen LogP contribution in [0, 0.1) is 18.8 Å². The summed E-state index contributed by atoms with van der Waals surface area (Å²) >= 11 is 0. The lowest BCUT2D eigenvalue weighted by Gasteiger charge is -2.26. The van der Waals surface area contributed by atoms with Crippen LogP contribution in [-0.2, 0) is 22.6 Å². The number of tetrazole rings is 1. The molecule has 1 aromatic carbocycles. The lowest BCUT2D eigenvalue weighted by molar-refractivity contribution is -0.146. The van der Waals surface area contributed by atoms with Gasteiger partial charge in [-0.15, -0.1) is 10.2 Å². The number of hydrogen-bond acceptors (Lipinski definition) is 8. The van der Waals surface area contributed by atoms with Crippen LogP contribution in [0.25, 0.3) is 11.4 Å². The Bertz CT molecular complexity index is 1200. The molecule has 1 aliphatic carbocycles. The molecule has 1 aliphatic rings. The summed E-state index contributed by atoms with van der Waals surface area (Å²) in [6, 6.07) is 11.1. The summed E-state index contributed by atoms with van der Waals surface area (Å²) < 4.78 is 10.4. The molecule has 1 N–H and O–H groups in total. The molecule has 190 valence electrons. The molecule has 0 radical (unpaired) electrons. The molecule has 2 aromatic heterocycles. The van der Waals surface area contributed by atoms with E-state index in [-0.39, 0.29) is 17.8 Å². The first kappa shape index (κ1) is 25.3. The number of carbonyl (C=O) groups excluding carboxylic acids is 2. The van der Waals surface area contributed by atoms with E-state index in [0.29, 0.717) is 48.4 Å². The number of amides is 1. The molecule has 0 aliphatic heterocycles. The molecule has 3 aromatic rings. The Labute approximate surface area is 210 Å². The molecule has 0 unspecified atom stereocenters. The lowest BCUT2D eigenvalue weighted by Crippen LogP contribution is -2.25. The number of esters is 1. The molecule has 1 amide bonds. The van der Waals surface area contributed by atoms with Gasteiger partial charge in [0.1, 0.15) is 11.4 Å². The summed E-state index contributed by atoms with van der Waals surface area (Å²) in [5, 5.41) is 15.9. The van der Waals surface area contributed by atoms with Gasteiger partial charge in [0.15, 0.2) is 0 Å². The van der Waals surface area contributed by atoms with Crippen LogP contribution in [-0.4, -0.2) is 50.8 Å². The van der Waals surface area contributed by atoms with Crippen LogP contribution in [0.1, 0.15) is 54.4 Å². The smallest absolute Gasteiger partial charge is 0.308 e. The fourth-order valence-electron chi connectivity index (χ4n) is 4.51. The molecule has 10 heteroatoms. The van der Waals surface area contributed by atoms with Crippen molar-refractivity contribution in [2.24, 2.45) is 11.8 Å². The number of aromatic nitrogens is 5. The monoisotopic (exact) mass is 492 g/mol. The maximum atomic E-state index is 12.8. The Kier molecular flexibility index (Phi) is 8.24. The predicted molar refractivity (Wildman–Crippen MR) is 132 cm³/mol. The molecule has 0 spiro atoms. The molecular formula is C26H32N6O4. The lowest BCUT2D eigenvalue weighted by atomic mass is 9.82. The molecule has 0 saturated heterocycles. The normalized spacial score (nSPS) is 17.4. The molecule has 2 heterocycles. The summed E-state index contributed by atoms with van der Waals surface area (Å²) in [6.07, 6.45) is 3.47. The van der Waals surface area contributed by atoms with E-state index in [1.54, 1.807) is 10.9 Å². The number of aryl methyl sites for hydroxylation is 1. The standard InChI is InChI=1S/C26H32N6O4/c1-4-36-22-7-5-6-19(13-22)15-27-25(33)23-14-21(12-17(2)28-23)24-29-31-32(30-24)16-18-8-10-20(11-9-18)26(34)35-3/h5-7,12-14,18,20H,4,8-11,15-16H2,1-3H3,(H,27,33). The first-order valence-corrected chi connectivity index (χ1v) is 12.3. The maximum absolute atomic E-state index is 12.8. The van der Waals surface area contributed by atoms with Crippen LogP contribution in [0.3, 0.4) is 0 Å². The summed E-state index contributed by atoms with van der Waals surface area (Å²) in [5.74, 6) is 1.18. The van der Waals surface area contributed by atoms with Gasteiger partial charge in [-0.05, 0) is 80.5 Å². The number of methoxy groups -OCH3 is 1. The summed E-state index contributed by atoms with van der Waals surface area (Å²) in [7, 11) is 1.44. The number of rotatable bonds is 9. The molecule has 36 heavy (non-hydrogen) atoms. The minimum atomic E-state index is -0.281. The van der Waals surface area contributed by atoms with Gasteiger partial charge in [0.25, 0.3) is 5.91 Å². The molecule has 4 rings (SSSR count). The molecular weight excluding hydrogens is 460 g/mol. The van der Waals surface area contributed by atoms with Gasteiger partial charge in [0, 0.05) is 17.8 Å². The summed E-state index contributed by atoms with van der Waals surface area (Å²) in [6.45, 7) is 5.34. The van der Waals surface area contributed by atoms with Crippen molar-refractivity contribution in [1.82, 2.24) is 30.5 Å². The van der Waals surface area contributed by atoms with Crippen molar-refractivity contribution in [3.05, 3.63) is 53.3 Å². The van der Waals surface area contributed by atoms with Gasteiger partial charge in [-0.2, -0.15) is 4.80 Å². The highest BCUT2D eigenvalue weighted by atomic mass is 16.5. The highest BCUT2D eigenvalue weighted by Crippen LogP contribution is 2.30. The second-order valence-corrected chi connectivity index (χ2v) is 9.05. The van der Waals surface area contributed by atoms with Crippen LogP contribution in [0.5, 0.6) is 5.75 Å². The Morgan fingerprint density at radius 3 is 2.69 bits per heavy atom. The SMILES string of the molecule is CCOc1cccc(CNC(=O)c2cc(-c3nnn(CC4CCC(C(=O)OC)CC4)n3)cc(C)n2)c1. The molecule has 0 bridgehead atoms. The number of carbonyl (C=O) groups is 2. The van der Waals surface area contributed by atoms with E-state index >= 15 is 0 Å². The number of benzene rings is 1. The average Bonchev–Trinajstić information content (AvgIpc) is 3.36. The fourth-order valence-corrected chi connectivity index (χ4v) is 4.51. The topological polar surface area (TPSA) is 121 Å². The van der Waals surface area contributed by atoms with Crippen LogP contribution < -0.4 is 10.1 Å². The highest BCUT2D eigenvalue weighted by Gasteiger charge is 2.27. The Morgan fingerprint density at radius 2 is 1.94 bits per heavy atom. The van der Waals surface area contributed by atoms with Gasteiger partial charge in [0.05, 0.1) is 26.2 Å². The Morgan fingerprint density at radius 1 is 1.14 bits per heavy atom. The predicted octanol–water partition coefficient (Wildman–Crippen LogP) is 3.35. The minimum Gasteiger partial charge on any atom is -0.494 e. The van der Waals surface area contributed by atoms with Gasteiger partial charge in [-0.25, -0.2) is 4.98 Å². The van der Waals surface area contributed by atoms with E-state index in [2.05, 4.69) is 25.7 Å². The number of hydrogen-bond donors (Lipinski definition) is 1. The first-order chi connectivity index (χ1) is 17.4. The molecule has 1 saturated carbocycles. The number of pyridine rings is 1. The van der Waals surface area contributed by atoms with E-state index in [9.17, 15) is 9.59 Å².